The van der Waals surface area contributed by atoms with Crippen molar-refractivity contribution in [1.29, 1.82) is 0 Å². The van der Waals surface area contributed by atoms with E-state index in [1.54, 1.807) is 37.3 Å². The van der Waals surface area contributed by atoms with E-state index in [0.717, 1.165) is 0 Å². The van der Waals surface area contributed by atoms with Crippen molar-refractivity contribution < 1.29 is 8.42 Å². The Balaban J connectivity index is 2.03. The van der Waals surface area contributed by atoms with Gasteiger partial charge >= 0.3 is 0 Å². The van der Waals surface area contributed by atoms with Crippen LogP contribution in [0, 0.1) is 0 Å². The number of halogens is 3. The Labute approximate surface area is 155 Å². The zero-order valence-corrected chi connectivity index (χ0v) is 15.6. The van der Waals surface area contributed by atoms with Gasteiger partial charge in [0.25, 0.3) is 0 Å². The fourth-order valence-corrected chi connectivity index (χ4v) is 4.79. The van der Waals surface area contributed by atoms with Gasteiger partial charge in [0.05, 0.1) is 21.5 Å². The summed E-state index contributed by atoms with van der Waals surface area (Å²) in [5.74, 6) is 0. The lowest BCUT2D eigenvalue weighted by Gasteiger charge is -2.23. The van der Waals surface area contributed by atoms with E-state index in [-0.39, 0.29) is 11.3 Å². The van der Waals surface area contributed by atoms with Crippen LogP contribution in [-0.2, 0) is 9.84 Å². The standard InChI is InChI=1S/C16H13Cl3N2O2S/c1-9-4-15(21-20-13-6-11(18)5-12(19)7-13)14-8-10(17)2-3-16(14)24(9,22)23/h2-3,5-9,20H,4H2,1H3/b21-15+. The van der Waals surface area contributed by atoms with Gasteiger partial charge in [-0.05, 0) is 43.3 Å². The van der Waals surface area contributed by atoms with Gasteiger partial charge < -0.3 is 0 Å². The van der Waals surface area contributed by atoms with Crippen LogP contribution in [0.5, 0.6) is 0 Å². The summed E-state index contributed by atoms with van der Waals surface area (Å²) < 4.78 is 24.9. The molecule has 0 saturated heterocycles. The lowest BCUT2D eigenvalue weighted by molar-refractivity contribution is 0.582. The van der Waals surface area contributed by atoms with Crippen molar-refractivity contribution in [3.8, 4) is 0 Å². The highest BCUT2D eigenvalue weighted by Crippen LogP contribution is 2.32. The molecule has 4 nitrogen and oxygen atoms in total. The second-order valence-electron chi connectivity index (χ2n) is 5.53. The van der Waals surface area contributed by atoms with E-state index in [1.807, 2.05) is 0 Å². The van der Waals surface area contributed by atoms with E-state index in [0.29, 0.717) is 32.0 Å². The van der Waals surface area contributed by atoms with E-state index >= 15 is 0 Å². The van der Waals surface area contributed by atoms with Gasteiger partial charge in [0.15, 0.2) is 9.84 Å². The molecule has 0 saturated carbocycles. The smallest absolute Gasteiger partial charge is 0.182 e. The maximum atomic E-state index is 12.5. The molecule has 2 aromatic rings. The van der Waals surface area contributed by atoms with E-state index in [4.69, 9.17) is 34.8 Å². The highest BCUT2D eigenvalue weighted by molar-refractivity contribution is 7.92. The van der Waals surface area contributed by atoms with Gasteiger partial charge in [-0.1, -0.05) is 34.8 Å². The molecule has 8 heteroatoms. The molecule has 1 atom stereocenters. The summed E-state index contributed by atoms with van der Waals surface area (Å²) >= 11 is 18.0. The minimum Gasteiger partial charge on any atom is -0.278 e. The number of rotatable bonds is 2. The van der Waals surface area contributed by atoms with E-state index in [9.17, 15) is 8.42 Å². The van der Waals surface area contributed by atoms with Gasteiger partial charge in [-0.3, -0.25) is 5.43 Å². The number of nitrogens with zero attached hydrogens (tertiary/aromatic N) is 1. The van der Waals surface area contributed by atoms with Gasteiger partial charge in [-0.2, -0.15) is 5.10 Å². The van der Waals surface area contributed by atoms with Crippen LogP contribution in [0.15, 0.2) is 46.4 Å². The van der Waals surface area contributed by atoms with Crippen LogP contribution in [0.25, 0.3) is 0 Å². The van der Waals surface area contributed by atoms with E-state index < -0.39 is 15.1 Å². The Hall–Kier alpha value is -1.27. The largest absolute Gasteiger partial charge is 0.278 e. The molecule has 1 aliphatic heterocycles. The first kappa shape index (κ1) is 17.5. The summed E-state index contributed by atoms with van der Waals surface area (Å²) in [6.07, 6.45) is 0.289. The quantitative estimate of drug-likeness (QED) is 0.716. The van der Waals surface area contributed by atoms with Crippen molar-refractivity contribution in [3.63, 3.8) is 0 Å². The zero-order chi connectivity index (χ0) is 17.5. The number of nitrogens with one attached hydrogen (secondary N) is 1. The lowest BCUT2D eigenvalue weighted by Crippen LogP contribution is -2.30. The summed E-state index contributed by atoms with van der Waals surface area (Å²) in [5.41, 5.74) is 4.63. The molecule has 2 aromatic carbocycles. The molecule has 24 heavy (non-hydrogen) atoms. The molecule has 0 radical (unpaired) electrons. The van der Waals surface area contributed by atoms with Crippen LogP contribution < -0.4 is 5.43 Å². The molecular weight excluding hydrogens is 391 g/mol. The number of sulfone groups is 1. The molecule has 3 rings (SSSR count). The van der Waals surface area contributed by atoms with Crippen molar-refractivity contribution >= 4 is 56.0 Å². The highest BCUT2D eigenvalue weighted by atomic mass is 35.5. The summed E-state index contributed by atoms with van der Waals surface area (Å²) in [6.45, 7) is 1.67. The fourth-order valence-electron chi connectivity index (χ4n) is 2.54. The Morgan fingerprint density at radius 1 is 1.04 bits per heavy atom. The normalized spacial score (nSPS) is 20.7. The highest BCUT2D eigenvalue weighted by Gasteiger charge is 2.34. The maximum Gasteiger partial charge on any atom is 0.182 e. The van der Waals surface area contributed by atoms with Gasteiger partial charge in [0.2, 0.25) is 0 Å². The Morgan fingerprint density at radius 3 is 2.38 bits per heavy atom. The third kappa shape index (κ3) is 3.40. The van der Waals surface area contributed by atoms with Crippen LogP contribution >= 0.6 is 34.8 Å². The number of hydrogen-bond donors (Lipinski definition) is 1. The maximum absolute atomic E-state index is 12.5. The molecule has 0 amide bonds. The molecular formula is C16H13Cl3N2O2S. The SMILES string of the molecule is CC1C/C(=N\Nc2cc(Cl)cc(Cl)c2)c2cc(Cl)ccc2S1(=O)=O. The average molecular weight is 404 g/mol. The number of hydrazone groups is 1. The van der Waals surface area contributed by atoms with E-state index in [1.165, 1.54) is 6.07 Å². The van der Waals surface area contributed by atoms with Crippen molar-refractivity contribution in [3.05, 3.63) is 57.0 Å². The fraction of sp³-hybridized carbons (Fsp3) is 0.188. The van der Waals surface area contributed by atoms with Gasteiger partial charge in [-0.15, -0.1) is 0 Å². The van der Waals surface area contributed by atoms with Crippen LogP contribution in [0.4, 0.5) is 5.69 Å². The van der Waals surface area contributed by atoms with Crippen molar-refractivity contribution in [2.24, 2.45) is 5.10 Å². The summed E-state index contributed by atoms with van der Waals surface area (Å²) in [5, 5.41) is 5.22. The summed E-state index contributed by atoms with van der Waals surface area (Å²) in [6, 6.07) is 9.68. The molecule has 1 N–H and O–H groups in total. The summed E-state index contributed by atoms with van der Waals surface area (Å²) in [4.78, 5) is 0.246. The second kappa shape index (κ2) is 6.56. The van der Waals surface area contributed by atoms with E-state index in [2.05, 4.69) is 10.5 Å². The predicted molar refractivity (Wildman–Crippen MR) is 99.3 cm³/mol. The number of hydrogen-bond acceptors (Lipinski definition) is 4. The third-order valence-electron chi connectivity index (χ3n) is 3.75. The first-order valence-corrected chi connectivity index (χ1v) is 9.78. The second-order valence-corrected chi connectivity index (χ2v) is 9.17. The van der Waals surface area contributed by atoms with Crippen molar-refractivity contribution in [1.82, 2.24) is 0 Å². The molecule has 126 valence electrons. The minimum absolute atomic E-state index is 0.246. The predicted octanol–water partition coefficient (Wildman–Crippen LogP) is 5.03. The molecule has 0 aromatic heterocycles. The van der Waals surface area contributed by atoms with Crippen LogP contribution in [0.1, 0.15) is 18.9 Å². The van der Waals surface area contributed by atoms with Crippen LogP contribution in [0.3, 0.4) is 0 Å². The van der Waals surface area contributed by atoms with Crippen LogP contribution in [-0.4, -0.2) is 19.4 Å². The molecule has 0 bridgehead atoms. The Kier molecular flexibility index (Phi) is 4.80. The number of fused-ring (bicyclic) bond motifs is 1. The third-order valence-corrected chi connectivity index (χ3v) is 6.62. The number of benzene rings is 2. The monoisotopic (exact) mass is 402 g/mol. The topological polar surface area (TPSA) is 58.5 Å². The van der Waals surface area contributed by atoms with Crippen LogP contribution in [0.2, 0.25) is 15.1 Å². The first-order chi connectivity index (χ1) is 11.3. The molecule has 0 aliphatic carbocycles. The van der Waals surface area contributed by atoms with Crippen molar-refractivity contribution in [2.45, 2.75) is 23.5 Å². The molecule has 1 heterocycles. The summed E-state index contributed by atoms with van der Waals surface area (Å²) in [7, 11) is -3.38. The molecule has 0 fully saturated rings. The van der Waals surface area contributed by atoms with Gasteiger partial charge in [0.1, 0.15) is 0 Å². The van der Waals surface area contributed by atoms with Crippen molar-refractivity contribution in [2.75, 3.05) is 5.43 Å². The zero-order valence-electron chi connectivity index (χ0n) is 12.6. The Bertz CT molecular complexity index is 922. The molecule has 0 spiro atoms. The van der Waals surface area contributed by atoms with Gasteiger partial charge in [-0.25, -0.2) is 8.42 Å². The first-order valence-electron chi connectivity index (χ1n) is 7.10. The number of anilines is 1. The molecule has 1 unspecified atom stereocenters. The van der Waals surface area contributed by atoms with Gasteiger partial charge in [0, 0.05) is 27.1 Å². The lowest BCUT2D eigenvalue weighted by atomic mass is 10.1. The average Bonchev–Trinajstić information content (AvgIpc) is 2.48. The Morgan fingerprint density at radius 2 is 1.71 bits per heavy atom. The molecule has 1 aliphatic rings. The minimum atomic E-state index is -3.38.